The van der Waals surface area contributed by atoms with Crippen LogP contribution in [0.2, 0.25) is 0 Å². The second-order valence-electron chi connectivity index (χ2n) is 7.55. The van der Waals surface area contributed by atoms with Gasteiger partial charge in [0.15, 0.2) is 0 Å². The summed E-state index contributed by atoms with van der Waals surface area (Å²) in [5.41, 5.74) is 3.32. The molecule has 3 aromatic carbocycles. The van der Waals surface area contributed by atoms with E-state index >= 15 is 0 Å². The van der Waals surface area contributed by atoms with Gasteiger partial charge in [0.2, 0.25) is 0 Å². The van der Waals surface area contributed by atoms with Gasteiger partial charge in [-0.25, -0.2) is 4.68 Å². The second-order valence-corrected chi connectivity index (χ2v) is 9.88. The van der Waals surface area contributed by atoms with Gasteiger partial charge in [-0.1, -0.05) is 42.5 Å². The number of allylic oxidation sites excluding steroid dienone is 1. The minimum Gasteiger partial charge on any atom is -0.487 e. The smallest absolute Gasteiger partial charge is 0.289 e. The molecule has 0 fully saturated rings. The summed E-state index contributed by atoms with van der Waals surface area (Å²) < 4.78 is 9.28. The zero-order chi connectivity index (χ0) is 23.5. The normalized spacial score (nSPS) is 11.4. The van der Waals surface area contributed by atoms with Gasteiger partial charge < -0.3 is 4.74 Å². The third kappa shape index (κ3) is 5.12. The molecule has 7 heteroatoms. The number of hydrogen-bond donors (Lipinski definition) is 0. The van der Waals surface area contributed by atoms with E-state index in [9.17, 15) is 10.1 Å². The zero-order valence-corrected chi connectivity index (χ0v) is 22.3. The summed E-state index contributed by atoms with van der Waals surface area (Å²) in [6, 6.07) is 22.1. The standard InChI is InChI=1S/C26H19I2N3O2/c1-16-10-17(2)31(30-16)26(32)21(14-29)11-18-12-23(27)25(24(28)13-18)33-15-20-8-5-7-19-6-3-4-9-22(19)20/h3-13H,15H2,1-2H3/b21-11+. The number of halogens is 2. The van der Waals surface area contributed by atoms with Crippen LogP contribution in [0.4, 0.5) is 0 Å². The van der Waals surface area contributed by atoms with E-state index in [4.69, 9.17) is 4.74 Å². The summed E-state index contributed by atoms with van der Waals surface area (Å²) in [7, 11) is 0. The first kappa shape index (κ1) is 23.4. The Morgan fingerprint density at radius 3 is 2.45 bits per heavy atom. The molecule has 0 bridgehead atoms. The summed E-state index contributed by atoms with van der Waals surface area (Å²) in [5, 5.41) is 16.1. The van der Waals surface area contributed by atoms with E-state index in [1.165, 1.54) is 15.5 Å². The first-order valence-corrected chi connectivity index (χ1v) is 12.3. The molecule has 0 saturated heterocycles. The Morgan fingerprint density at radius 1 is 1.09 bits per heavy atom. The van der Waals surface area contributed by atoms with Crippen molar-refractivity contribution in [2.24, 2.45) is 0 Å². The van der Waals surface area contributed by atoms with Crippen molar-refractivity contribution in [1.29, 1.82) is 5.26 Å². The van der Waals surface area contributed by atoms with Gasteiger partial charge in [-0.2, -0.15) is 10.4 Å². The molecule has 1 aromatic heterocycles. The van der Waals surface area contributed by atoms with Crippen LogP contribution in [0, 0.1) is 32.3 Å². The largest absolute Gasteiger partial charge is 0.487 e. The molecular weight excluding hydrogens is 640 g/mol. The Hall–Kier alpha value is -2.71. The number of nitrogens with zero attached hydrogens (tertiary/aromatic N) is 3. The molecule has 0 unspecified atom stereocenters. The number of nitriles is 1. The molecule has 0 atom stereocenters. The molecular formula is C26H19I2N3O2. The molecule has 1 heterocycles. The Labute approximate surface area is 219 Å². The molecule has 0 N–H and O–H groups in total. The van der Waals surface area contributed by atoms with Gasteiger partial charge in [-0.15, -0.1) is 0 Å². The molecule has 33 heavy (non-hydrogen) atoms. The predicted molar refractivity (Wildman–Crippen MR) is 146 cm³/mol. The zero-order valence-electron chi connectivity index (χ0n) is 18.0. The molecule has 0 aliphatic rings. The van der Waals surface area contributed by atoms with Crippen LogP contribution in [0.15, 0.2) is 66.2 Å². The fourth-order valence-electron chi connectivity index (χ4n) is 3.63. The van der Waals surface area contributed by atoms with Crippen LogP contribution in [0.25, 0.3) is 16.8 Å². The van der Waals surface area contributed by atoms with Gasteiger partial charge in [-0.05, 0) is 105 Å². The summed E-state index contributed by atoms with van der Waals surface area (Å²) in [6.07, 6.45) is 1.59. The van der Waals surface area contributed by atoms with Crippen LogP contribution in [0.5, 0.6) is 5.75 Å². The lowest BCUT2D eigenvalue weighted by molar-refractivity contribution is 0.0943. The maximum Gasteiger partial charge on any atom is 0.289 e. The summed E-state index contributed by atoms with van der Waals surface area (Å²) in [4.78, 5) is 12.8. The Bertz CT molecular complexity index is 1420. The van der Waals surface area contributed by atoms with Gasteiger partial charge in [-0.3, -0.25) is 4.79 Å². The molecule has 5 nitrogen and oxygen atoms in total. The van der Waals surface area contributed by atoms with E-state index in [0.29, 0.717) is 12.3 Å². The van der Waals surface area contributed by atoms with E-state index in [0.717, 1.165) is 29.7 Å². The van der Waals surface area contributed by atoms with E-state index in [2.05, 4.69) is 74.5 Å². The Morgan fingerprint density at radius 2 is 1.79 bits per heavy atom. The molecule has 0 amide bonds. The molecule has 164 valence electrons. The number of ether oxygens (including phenoxy) is 1. The van der Waals surface area contributed by atoms with Crippen LogP contribution in [-0.2, 0) is 6.61 Å². The summed E-state index contributed by atoms with van der Waals surface area (Å²) >= 11 is 4.45. The van der Waals surface area contributed by atoms with Crippen LogP contribution in [0.1, 0.15) is 27.3 Å². The van der Waals surface area contributed by atoms with E-state index in [-0.39, 0.29) is 5.57 Å². The Balaban J connectivity index is 1.59. The number of aromatic nitrogens is 2. The summed E-state index contributed by atoms with van der Waals surface area (Å²) in [6.45, 7) is 4.05. The highest BCUT2D eigenvalue weighted by Gasteiger charge is 2.17. The second kappa shape index (κ2) is 10.1. The molecule has 0 radical (unpaired) electrons. The number of carbonyl (C=O) groups excluding carboxylic acids is 1. The molecule has 4 aromatic rings. The van der Waals surface area contributed by atoms with Gasteiger partial charge in [0, 0.05) is 5.69 Å². The first-order valence-electron chi connectivity index (χ1n) is 10.2. The highest BCUT2D eigenvalue weighted by atomic mass is 127. The van der Waals surface area contributed by atoms with Crippen molar-refractivity contribution in [3.05, 3.63) is 95.9 Å². The van der Waals surface area contributed by atoms with Crippen molar-refractivity contribution < 1.29 is 9.53 Å². The molecule has 0 aliphatic carbocycles. The van der Waals surface area contributed by atoms with Crippen molar-refractivity contribution in [2.45, 2.75) is 20.5 Å². The van der Waals surface area contributed by atoms with Gasteiger partial charge >= 0.3 is 0 Å². The topological polar surface area (TPSA) is 67.9 Å². The first-order chi connectivity index (χ1) is 15.9. The number of benzene rings is 3. The number of hydrogen-bond acceptors (Lipinski definition) is 4. The van der Waals surface area contributed by atoms with Crippen molar-refractivity contribution in [1.82, 2.24) is 9.78 Å². The maximum absolute atomic E-state index is 12.8. The van der Waals surface area contributed by atoms with Crippen LogP contribution < -0.4 is 4.74 Å². The van der Waals surface area contributed by atoms with E-state index < -0.39 is 5.91 Å². The predicted octanol–water partition coefficient (Wildman–Crippen LogP) is 6.69. The Kier molecular flexibility index (Phi) is 7.14. The average molecular weight is 659 g/mol. The summed E-state index contributed by atoms with van der Waals surface area (Å²) in [5.74, 6) is 0.342. The van der Waals surface area contributed by atoms with Gasteiger partial charge in [0.05, 0.1) is 12.8 Å². The molecule has 4 rings (SSSR count). The van der Waals surface area contributed by atoms with Crippen molar-refractivity contribution in [3.63, 3.8) is 0 Å². The highest BCUT2D eigenvalue weighted by molar-refractivity contribution is 14.1. The van der Waals surface area contributed by atoms with Crippen molar-refractivity contribution in [3.8, 4) is 11.8 Å². The average Bonchev–Trinajstić information content (AvgIpc) is 3.14. The van der Waals surface area contributed by atoms with Gasteiger partial charge in [0.1, 0.15) is 24.0 Å². The minimum absolute atomic E-state index is 0.0252. The van der Waals surface area contributed by atoms with Crippen LogP contribution in [-0.4, -0.2) is 15.7 Å². The number of rotatable bonds is 5. The third-order valence-electron chi connectivity index (χ3n) is 5.14. The fraction of sp³-hybridized carbons (Fsp3) is 0.115. The van der Waals surface area contributed by atoms with Crippen LogP contribution >= 0.6 is 45.2 Å². The molecule has 0 spiro atoms. The number of fused-ring (bicyclic) bond motifs is 1. The monoisotopic (exact) mass is 659 g/mol. The van der Waals surface area contributed by atoms with Crippen molar-refractivity contribution in [2.75, 3.05) is 0 Å². The van der Waals surface area contributed by atoms with Crippen molar-refractivity contribution >= 4 is 67.9 Å². The SMILES string of the molecule is Cc1cc(C)n(C(=O)/C(C#N)=C/c2cc(I)c(OCc3cccc4ccccc34)c(I)c2)n1. The molecule has 0 saturated carbocycles. The lowest BCUT2D eigenvalue weighted by atomic mass is 10.1. The quantitative estimate of drug-likeness (QED) is 0.136. The van der Waals surface area contributed by atoms with E-state index in [1.54, 1.807) is 19.1 Å². The lowest BCUT2D eigenvalue weighted by Gasteiger charge is -2.13. The molecule has 0 aliphatic heterocycles. The number of carbonyl (C=O) groups is 1. The third-order valence-corrected chi connectivity index (χ3v) is 6.74. The van der Waals surface area contributed by atoms with Crippen LogP contribution in [0.3, 0.4) is 0 Å². The van der Waals surface area contributed by atoms with E-state index in [1.807, 2.05) is 43.3 Å². The van der Waals surface area contributed by atoms with Gasteiger partial charge in [0.25, 0.3) is 5.91 Å². The highest BCUT2D eigenvalue weighted by Crippen LogP contribution is 2.31. The lowest BCUT2D eigenvalue weighted by Crippen LogP contribution is -2.15. The maximum atomic E-state index is 12.8. The number of aryl methyl sites for hydroxylation is 2. The minimum atomic E-state index is -0.440. The fourth-order valence-corrected chi connectivity index (χ4v) is 5.75.